The molecule has 3 N–H and O–H groups in total. The Labute approximate surface area is 179 Å². The molecule has 1 aromatic carbocycles. The number of nitrogens with zero attached hydrogens (tertiary/aromatic N) is 2. The van der Waals surface area contributed by atoms with Crippen LogP contribution in [0.4, 0.5) is 20.1 Å². The van der Waals surface area contributed by atoms with Crippen molar-refractivity contribution >= 4 is 39.8 Å². The fraction of sp³-hybridized carbons (Fsp3) is 0.444. The summed E-state index contributed by atoms with van der Waals surface area (Å²) in [6.45, 7) is 4.69. The summed E-state index contributed by atoms with van der Waals surface area (Å²) in [6.07, 6.45) is 0.144. The number of carbonyl (C=O) groups is 4. The van der Waals surface area contributed by atoms with Crippen LogP contribution in [0.3, 0.4) is 0 Å². The third-order valence-electron chi connectivity index (χ3n) is 4.02. The lowest BCUT2D eigenvalue weighted by Gasteiger charge is -2.21. The second-order valence-corrected chi connectivity index (χ2v) is 9.65. The molecule has 1 saturated heterocycles. The summed E-state index contributed by atoms with van der Waals surface area (Å²) in [6, 6.07) is 1.99. The van der Waals surface area contributed by atoms with E-state index >= 15 is 0 Å². The lowest BCUT2D eigenvalue weighted by atomic mass is 10.1. The van der Waals surface area contributed by atoms with Crippen molar-refractivity contribution in [3.8, 4) is 0 Å². The van der Waals surface area contributed by atoms with Crippen molar-refractivity contribution in [1.29, 1.82) is 0 Å². The highest BCUT2D eigenvalue weighted by Crippen LogP contribution is 2.20. The molecule has 0 radical (unpaired) electrons. The topological polar surface area (TPSA) is 162 Å². The number of sulfonamides is 1. The van der Waals surface area contributed by atoms with Gasteiger partial charge in [-0.15, -0.1) is 0 Å². The van der Waals surface area contributed by atoms with Crippen molar-refractivity contribution in [3.05, 3.63) is 29.8 Å². The highest BCUT2D eigenvalue weighted by Gasteiger charge is 2.39. The maximum Gasteiger partial charge on any atom is 0.412 e. The normalized spacial score (nSPS) is 15.4. The van der Waals surface area contributed by atoms with E-state index in [1.54, 1.807) is 20.8 Å². The zero-order chi connectivity index (χ0) is 23.6. The Morgan fingerprint density at radius 2 is 1.71 bits per heavy atom. The summed E-state index contributed by atoms with van der Waals surface area (Å²) in [5.74, 6) is -1.40. The molecule has 0 aliphatic carbocycles. The van der Waals surface area contributed by atoms with Gasteiger partial charge in [0.15, 0.2) is 6.04 Å². The number of amides is 5. The van der Waals surface area contributed by atoms with Gasteiger partial charge >= 0.3 is 24.1 Å². The van der Waals surface area contributed by atoms with E-state index in [1.807, 2.05) is 0 Å². The predicted molar refractivity (Wildman–Crippen MR) is 109 cm³/mol. The quantitative estimate of drug-likeness (QED) is 0.601. The first kappa shape index (κ1) is 23.9. The molecule has 1 aliphatic heterocycles. The molecule has 0 aromatic heterocycles. The van der Waals surface area contributed by atoms with Crippen molar-refractivity contribution < 1.29 is 37.4 Å². The standard InChI is InChI=1S/C18H24N4O8S/c1-18(2,3)30-16(26)19-12-7-5-11(6-8-12)13(14(23)24)20-15(25)21-9-10-22(17(21)27)31(4,28)29/h5-8,13H,9-10H2,1-4H3,(H,19,26)(H,20,25)(H,23,24)/t13-/m0/s1. The smallest absolute Gasteiger partial charge is 0.412 e. The van der Waals surface area contributed by atoms with Crippen molar-refractivity contribution in [2.75, 3.05) is 24.7 Å². The van der Waals surface area contributed by atoms with Gasteiger partial charge < -0.3 is 15.2 Å². The first-order valence-corrected chi connectivity index (χ1v) is 11.0. The number of urea groups is 2. The van der Waals surface area contributed by atoms with Crippen LogP contribution in [-0.4, -0.2) is 71.8 Å². The monoisotopic (exact) mass is 456 g/mol. The SMILES string of the molecule is CC(C)(C)OC(=O)Nc1ccc([C@H](NC(=O)N2CCN(S(C)(=O)=O)C2=O)C(=O)O)cc1. The van der Waals surface area contributed by atoms with Gasteiger partial charge in [0.1, 0.15) is 5.60 Å². The van der Waals surface area contributed by atoms with Crippen LogP contribution >= 0.6 is 0 Å². The van der Waals surface area contributed by atoms with Gasteiger partial charge in [-0.05, 0) is 38.5 Å². The predicted octanol–water partition coefficient (Wildman–Crippen LogP) is 1.57. The largest absolute Gasteiger partial charge is 0.479 e. The molecule has 2 rings (SSSR count). The van der Waals surface area contributed by atoms with Crippen LogP contribution in [0.25, 0.3) is 0 Å². The van der Waals surface area contributed by atoms with Crippen LogP contribution < -0.4 is 10.6 Å². The molecular formula is C18H24N4O8S. The molecule has 0 saturated carbocycles. The Hall–Kier alpha value is -3.35. The molecule has 1 fully saturated rings. The van der Waals surface area contributed by atoms with E-state index in [9.17, 15) is 32.7 Å². The third kappa shape index (κ3) is 6.31. The van der Waals surface area contributed by atoms with Gasteiger partial charge in [0, 0.05) is 5.69 Å². The number of carbonyl (C=O) groups excluding carboxylic acids is 3. The van der Waals surface area contributed by atoms with Gasteiger partial charge in [-0.1, -0.05) is 12.1 Å². The van der Waals surface area contributed by atoms with E-state index in [-0.39, 0.29) is 18.7 Å². The van der Waals surface area contributed by atoms with Gasteiger partial charge in [0.25, 0.3) is 0 Å². The Morgan fingerprint density at radius 1 is 1.13 bits per heavy atom. The average molecular weight is 456 g/mol. The molecule has 12 nitrogen and oxygen atoms in total. The molecule has 1 heterocycles. The fourth-order valence-electron chi connectivity index (χ4n) is 2.68. The molecule has 0 unspecified atom stereocenters. The van der Waals surface area contributed by atoms with Gasteiger partial charge in [-0.2, -0.15) is 0 Å². The zero-order valence-corrected chi connectivity index (χ0v) is 18.2. The van der Waals surface area contributed by atoms with E-state index in [2.05, 4.69) is 10.6 Å². The Morgan fingerprint density at radius 3 is 2.16 bits per heavy atom. The number of carboxylic acid groups (broad SMARTS) is 1. The summed E-state index contributed by atoms with van der Waals surface area (Å²) in [4.78, 5) is 48.6. The number of benzene rings is 1. The number of nitrogens with one attached hydrogen (secondary N) is 2. The van der Waals surface area contributed by atoms with Crippen LogP contribution in [0.1, 0.15) is 32.4 Å². The van der Waals surface area contributed by atoms with Crippen LogP contribution in [0.5, 0.6) is 0 Å². The lowest BCUT2D eigenvalue weighted by molar-refractivity contribution is -0.139. The minimum absolute atomic E-state index is 0.169. The third-order valence-corrected chi connectivity index (χ3v) is 5.16. The van der Waals surface area contributed by atoms with Gasteiger partial charge in [0.05, 0.1) is 19.3 Å². The van der Waals surface area contributed by atoms with Crippen LogP contribution in [0.15, 0.2) is 24.3 Å². The molecule has 13 heteroatoms. The summed E-state index contributed by atoms with van der Waals surface area (Å²) >= 11 is 0. The molecule has 31 heavy (non-hydrogen) atoms. The van der Waals surface area contributed by atoms with E-state index < -0.39 is 45.8 Å². The average Bonchev–Trinajstić information content (AvgIpc) is 3.00. The van der Waals surface area contributed by atoms with Crippen LogP contribution in [0, 0.1) is 0 Å². The molecule has 0 bridgehead atoms. The van der Waals surface area contributed by atoms with Crippen LogP contribution in [-0.2, 0) is 19.6 Å². The van der Waals surface area contributed by atoms with E-state index in [0.717, 1.165) is 6.26 Å². The van der Waals surface area contributed by atoms with Gasteiger partial charge in [0.2, 0.25) is 10.0 Å². The number of imide groups is 1. The second-order valence-electron chi connectivity index (χ2n) is 7.74. The summed E-state index contributed by atoms with van der Waals surface area (Å²) in [5, 5.41) is 14.2. The molecule has 5 amide bonds. The molecule has 170 valence electrons. The maximum absolute atomic E-state index is 12.4. The van der Waals surface area contributed by atoms with Crippen molar-refractivity contribution in [2.45, 2.75) is 32.4 Å². The Balaban J connectivity index is 2.09. The highest BCUT2D eigenvalue weighted by molar-refractivity contribution is 7.88. The van der Waals surface area contributed by atoms with Gasteiger partial charge in [-0.3, -0.25) is 5.32 Å². The molecule has 1 aromatic rings. The molecule has 0 spiro atoms. The molecule has 1 aliphatic rings. The highest BCUT2D eigenvalue weighted by atomic mass is 32.2. The molecular weight excluding hydrogens is 432 g/mol. The number of carboxylic acids is 1. The summed E-state index contributed by atoms with van der Waals surface area (Å²) in [7, 11) is -3.84. The van der Waals surface area contributed by atoms with Crippen molar-refractivity contribution in [1.82, 2.24) is 14.5 Å². The number of anilines is 1. The van der Waals surface area contributed by atoms with E-state index in [4.69, 9.17) is 4.74 Å². The summed E-state index contributed by atoms with van der Waals surface area (Å²) in [5.41, 5.74) is -0.184. The number of ether oxygens (including phenoxy) is 1. The lowest BCUT2D eigenvalue weighted by Crippen LogP contribution is -2.46. The van der Waals surface area contributed by atoms with E-state index in [1.165, 1.54) is 24.3 Å². The number of hydrogen-bond donors (Lipinski definition) is 3. The Bertz CT molecular complexity index is 985. The van der Waals surface area contributed by atoms with E-state index in [0.29, 0.717) is 14.9 Å². The fourth-order valence-corrected chi connectivity index (χ4v) is 3.48. The first-order chi connectivity index (χ1) is 14.2. The van der Waals surface area contributed by atoms with Crippen molar-refractivity contribution in [2.24, 2.45) is 0 Å². The van der Waals surface area contributed by atoms with Crippen molar-refractivity contribution in [3.63, 3.8) is 0 Å². The summed E-state index contributed by atoms with van der Waals surface area (Å²) < 4.78 is 28.8. The minimum atomic E-state index is -3.84. The number of hydrogen-bond acceptors (Lipinski definition) is 7. The zero-order valence-electron chi connectivity index (χ0n) is 17.4. The number of rotatable bonds is 5. The molecule has 1 atom stereocenters. The Kier molecular flexibility index (Phi) is 6.79. The van der Waals surface area contributed by atoms with Crippen LogP contribution in [0.2, 0.25) is 0 Å². The maximum atomic E-state index is 12.4. The minimum Gasteiger partial charge on any atom is -0.479 e. The van der Waals surface area contributed by atoms with Gasteiger partial charge in [-0.25, -0.2) is 36.8 Å². The first-order valence-electron chi connectivity index (χ1n) is 9.11. The number of aliphatic carboxylic acids is 1. The second kappa shape index (κ2) is 8.79.